The van der Waals surface area contributed by atoms with E-state index in [0.29, 0.717) is 0 Å². The second-order valence-electron chi connectivity index (χ2n) is 6.06. The Kier molecular flexibility index (Phi) is 3.93. The summed E-state index contributed by atoms with van der Waals surface area (Å²) < 4.78 is 0. The summed E-state index contributed by atoms with van der Waals surface area (Å²) in [6, 6.07) is 6.72. The first-order chi connectivity index (χ1) is 8.52. The Morgan fingerprint density at radius 3 is 2.89 bits per heavy atom. The van der Waals surface area contributed by atoms with Crippen molar-refractivity contribution in [3.8, 4) is 0 Å². The Hall–Kier alpha value is -1.06. The molecule has 0 aromatic heterocycles. The van der Waals surface area contributed by atoms with Gasteiger partial charge in [0.15, 0.2) is 0 Å². The summed E-state index contributed by atoms with van der Waals surface area (Å²) >= 11 is 0. The molecule has 0 atom stereocenters. The van der Waals surface area contributed by atoms with Crippen LogP contribution < -0.4 is 10.2 Å². The van der Waals surface area contributed by atoms with E-state index in [1.54, 1.807) is 0 Å². The van der Waals surface area contributed by atoms with Crippen molar-refractivity contribution < 1.29 is 5.11 Å². The molecule has 0 radical (unpaired) electrons. The van der Waals surface area contributed by atoms with E-state index in [2.05, 4.69) is 49.3 Å². The largest absolute Gasteiger partial charge is 0.396 e. The van der Waals surface area contributed by atoms with Crippen molar-refractivity contribution in [3.05, 3.63) is 29.3 Å². The summed E-state index contributed by atoms with van der Waals surface area (Å²) in [5.74, 6) is 0. The Balaban J connectivity index is 1.92. The van der Waals surface area contributed by atoms with E-state index in [1.165, 1.54) is 16.8 Å². The minimum Gasteiger partial charge on any atom is -0.396 e. The molecule has 1 aromatic carbocycles. The van der Waals surface area contributed by atoms with Gasteiger partial charge in [0.25, 0.3) is 0 Å². The van der Waals surface area contributed by atoms with Crippen LogP contribution in [0.5, 0.6) is 0 Å². The molecule has 0 aliphatic carbocycles. The molecule has 18 heavy (non-hydrogen) atoms. The molecule has 0 spiro atoms. The van der Waals surface area contributed by atoms with Crippen LogP contribution in [0.25, 0.3) is 0 Å². The second-order valence-corrected chi connectivity index (χ2v) is 6.06. The zero-order chi connectivity index (χ0) is 13.2. The number of likely N-dealkylation sites (N-methyl/N-ethyl adjacent to an activating group) is 1. The lowest BCUT2D eigenvalue weighted by atomic mass is 9.95. The molecule has 1 aromatic rings. The zero-order valence-electron chi connectivity index (χ0n) is 11.7. The molecular formula is C15H24N2O. The maximum Gasteiger partial charge on any atom is 0.0494 e. The first-order valence-corrected chi connectivity index (χ1v) is 6.66. The smallest absolute Gasteiger partial charge is 0.0494 e. The molecule has 0 bridgehead atoms. The fourth-order valence-corrected chi connectivity index (χ4v) is 2.33. The maximum absolute atomic E-state index is 9.20. The lowest BCUT2D eigenvalue weighted by Gasteiger charge is -2.22. The van der Waals surface area contributed by atoms with Crippen LogP contribution in [0.3, 0.4) is 0 Å². The number of hydrogen-bond donors (Lipinski definition) is 2. The predicted molar refractivity (Wildman–Crippen MR) is 76.0 cm³/mol. The van der Waals surface area contributed by atoms with Gasteiger partial charge in [0.05, 0.1) is 0 Å². The molecule has 1 aliphatic heterocycles. The molecule has 0 saturated carbocycles. The summed E-state index contributed by atoms with van der Waals surface area (Å²) in [6.45, 7) is 7.19. The highest BCUT2D eigenvalue weighted by Crippen LogP contribution is 2.27. The number of rotatable bonds is 5. The second kappa shape index (κ2) is 5.29. The van der Waals surface area contributed by atoms with Gasteiger partial charge in [-0.3, -0.25) is 0 Å². The van der Waals surface area contributed by atoms with Gasteiger partial charge in [-0.25, -0.2) is 0 Å². The standard InChI is InChI=1S/C15H24N2O/c1-15(2,11-18)10-16-9-12-4-5-14-13(8-12)6-7-17(14)3/h4-5,8,16,18H,6-7,9-11H2,1-3H3. The van der Waals surface area contributed by atoms with Gasteiger partial charge in [-0.2, -0.15) is 0 Å². The van der Waals surface area contributed by atoms with E-state index < -0.39 is 0 Å². The molecule has 1 aliphatic rings. The van der Waals surface area contributed by atoms with Crippen molar-refractivity contribution in [2.75, 3.05) is 31.6 Å². The van der Waals surface area contributed by atoms with E-state index in [1.807, 2.05) is 0 Å². The summed E-state index contributed by atoms with van der Waals surface area (Å²) in [5.41, 5.74) is 4.11. The van der Waals surface area contributed by atoms with Gasteiger partial charge in [0, 0.05) is 44.4 Å². The molecule has 1 heterocycles. The van der Waals surface area contributed by atoms with Gasteiger partial charge in [-0.05, 0) is 23.6 Å². The number of nitrogens with zero attached hydrogens (tertiary/aromatic N) is 1. The highest BCUT2D eigenvalue weighted by atomic mass is 16.3. The summed E-state index contributed by atoms with van der Waals surface area (Å²) in [7, 11) is 2.15. The molecule has 0 unspecified atom stereocenters. The van der Waals surface area contributed by atoms with E-state index in [4.69, 9.17) is 0 Å². The predicted octanol–water partition coefficient (Wildman–Crippen LogP) is 1.79. The molecule has 2 N–H and O–H groups in total. The molecule has 3 nitrogen and oxygen atoms in total. The van der Waals surface area contributed by atoms with E-state index in [-0.39, 0.29) is 12.0 Å². The normalized spacial score (nSPS) is 15.0. The van der Waals surface area contributed by atoms with Crippen LogP contribution in [-0.2, 0) is 13.0 Å². The van der Waals surface area contributed by atoms with Crippen LogP contribution in [0, 0.1) is 5.41 Å². The highest BCUT2D eigenvalue weighted by Gasteiger charge is 2.17. The average Bonchev–Trinajstić information content (AvgIpc) is 2.71. The third kappa shape index (κ3) is 3.03. The Labute approximate surface area is 110 Å². The zero-order valence-corrected chi connectivity index (χ0v) is 11.7. The lowest BCUT2D eigenvalue weighted by Crippen LogP contribution is -2.31. The van der Waals surface area contributed by atoms with Gasteiger partial charge in [0.1, 0.15) is 0 Å². The fraction of sp³-hybridized carbons (Fsp3) is 0.600. The topological polar surface area (TPSA) is 35.5 Å². The number of nitrogens with one attached hydrogen (secondary N) is 1. The monoisotopic (exact) mass is 248 g/mol. The van der Waals surface area contributed by atoms with Crippen molar-refractivity contribution in [1.82, 2.24) is 5.32 Å². The Morgan fingerprint density at radius 2 is 2.17 bits per heavy atom. The average molecular weight is 248 g/mol. The lowest BCUT2D eigenvalue weighted by molar-refractivity contribution is 0.156. The third-order valence-electron chi connectivity index (χ3n) is 3.63. The van der Waals surface area contributed by atoms with Crippen LogP contribution >= 0.6 is 0 Å². The number of aliphatic hydroxyl groups is 1. The summed E-state index contributed by atoms with van der Waals surface area (Å²) in [5, 5.41) is 12.6. The molecule has 2 rings (SSSR count). The minimum atomic E-state index is -0.0447. The van der Waals surface area contributed by atoms with Gasteiger partial charge in [-0.1, -0.05) is 26.0 Å². The Morgan fingerprint density at radius 1 is 1.39 bits per heavy atom. The number of fused-ring (bicyclic) bond motifs is 1. The molecule has 0 saturated heterocycles. The van der Waals surface area contributed by atoms with Crippen molar-refractivity contribution >= 4 is 5.69 Å². The number of hydrogen-bond acceptors (Lipinski definition) is 3. The van der Waals surface area contributed by atoms with Crippen LogP contribution in [-0.4, -0.2) is 31.9 Å². The molecule has 0 fully saturated rings. The molecule has 100 valence electrons. The van der Waals surface area contributed by atoms with E-state index >= 15 is 0 Å². The Bertz CT molecular complexity index is 415. The van der Waals surface area contributed by atoms with Crippen LogP contribution in [0.15, 0.2) is 18.2 Å². The first-order valence-electron chi connectivity index (χ1n) is 6.66. The van der Waals surface area contributed by atoms with Crippen LogP contribution in [0.1, 0.15) is 25.0 Å². The van der Waals surface area contributed by atoms with Crippen LogP contribution in [0.4, 0.5) is 5.69 Å². The summed E-state index contributed by atoms with van der Waals surface area (Å²) in [6.07, 6.45) is 1.15. The van der Waals surface area contributed by atoms with Crippen molar-refractivity contribution in [3.63, 3.8) is 0 Å². The first kappa shape index (κ1) is 13.4. The van der Waals surface area contributed by atoms with Gasteiger partial charge in [0.2, 0.25) is 0 Å². The number of aliphatic hydroxyl groups excluding tert-OH is 1. The maximum atomic E-state index is 9.20. The van der Waals surface area contributed by atoms with Crippen LogP contribution in [0.2, 0.25) is 0 Å². The minimum absolute atomic E-state index is 0.0447. The third-order valence-corrected chi connectivity index (χ3v) is 3.63. The molecule has 0 amide bonds. The van der Waals surface area contributed by atoms with Crippen molar-refractivity contribution in [1.29, 1.82) is 0 Å². The summed E-state index contributed by atoms with van der Waals surface area (Å²) in [4.78, 5) is 2.31. The van der Waals surface area contributed by atoms with Crippen molar-refractivity contribution in [2.45, 2.75) is 26.8 Å². The quantitative estimate of drug-likeness (QED) is 0.834. The van der Waals surface area contributed by atoms with Gasteiger partial charge in [-0.15, -0.1) is 0 Å². The molecular weight excluding hydrogens is 224 g/mol. The molecule has 3 heteroatoms. The number of benzene rings is 1. The SMILES string of the molecule is CN1CCc2cc(CNCC(C)(C)CO)ccc21. The van der Waals surface area contributed by atoms with E-state index in [9.17, 15) is 5.11 Å². The highest BCUT2D eigenvalue weighted by molar-refractivity contribution is 5.58. The van der Waals surface area contributed by atoms with Gasteiger partial charge < -0.3 is 15.3 Å². The fourth-order valence-electron chi connectivity index (χ4n) is 2.33. The van der Waals surface area contributed by atoms with Gasteiger partial charge >= 0.3 is 0 Å². The number of anilines is 1. The van der Waals surface area contributed by atoms with Crippen molar-refractivity contribution in [2.24, 2.45) is 5.41 Å². The van der Waals surface area contributed by atoms with E-state index in [0.717, 1.165) is 26.1 Å².